The van der Waals surface area contributed by atoms with Crippen LogP contribution in [0.15, 0.2) is 24.3 Å². The second-order valence-corrected chi connectivity index (χ2v) is 7.74. The first-order valence-electron chi connectivity index (χ1n) is 6.87. The highest BCUT2D eigenvalue weighted by molar-refractivity contribution is 7.92. The highest BCUT2D eigenvalue weighted by Crippen LogP contribution is 2.34. The molecule has 6 nitrogen and oxygen atoms in total. The van der Waals surface area contributed by atoms with Crippen LogP contribution >= 0.6 is 0 Å². The Morgan fingerprint density at radius 2 is 2.00 bits per heavy atom. The quantitative estimate of drug-likeness (QED) is 0.846. The summed E-state index contributed by atoms with van der Waals surface area (Å²) in [6, 6.07) is 7.32. The monoisotopic (exact) mass is 311 g/mol. The molecule has 0 spiro atoms. The normalized spacial score (nSPS) is 28.0. The van der Waals surface area contributed by atoms with Gasteiger partial charge in [-0.1, -0.05) is 18.2 Å². The number of para-hydroxylation sites is 1. The molecule has 0 amide bonds. The summed E-state index contributed by atoms with van der Waals surface area (Å²) in [5, 5.41) is 12.3. The number of hydrogen-bond donors (Lipinski definition) is 2. The maximum absolute atomic E-state index is 11.2. The predicted molar refractivity (Wildman–Crippen MR) is 76.0 cm³/mol. The van der Waals surface area contributed by atoms with Gasteiger partial charge in [-0.2, -0.15) is 0 Å². The molecule has 2 unspecified atom stereocenters. The molecule has 0 aliphatic carbocycles. The highest BCUT2D eigenvalue weighted by atomic mass is 32.2. The van der Waals surface area contributed by atoms with Gasteiger partial charge in [-0.05, 0) is 12.5 Å². The zero-order valence-electron chi connectivity index (χ0n) is 11.4. The van der Waals surface area contributed by atoms with Gasteiger partial charge < -0.3 is 15.2 Å². The molecular formula is C14H17NO5S. The first-order valence-corrected chi connectivity index (χ1v) is 8.69. The average molecular weight is 311 g/mol. The molecule has 2 heterocycles. The van der Waals surface area contributed by atoms with E-state index in [-0.39, 0.29) is 23.7 Å². The van der Waals surface area contributed by atoms with Crippen molar-refractivity contribution in [3.63, 3.8) is 0 Å². The summed E-state index contributed by atoms with van der Waals surface area (Å²) in [6.07, 6.45) is 0.214. The van der Waals surface area contributed by atoms with Gasteiger partial charge in [0.25, 0.3) is 0 Å². The molecule has 1 aromatic rings. The predicted octanol–water partition coefficient (Wildman–Crippen LogP) is 0.598. The van der Waals surface area contributed by atoms with Crippen molar-refractivity contribution in [1.29, 1.82) is 0 Å². The first-order chi connectivity index (χ1) is 9.94. The van der Waals surface area contributed by atoms with E-state index in [4.69, 9.17) is 9.84 Å². The number of benzene rings is 1. The number of ether oxygens (including phenoxy) is 1. The second-order valence-electron chi connectivity index (χ2n) is 5.59. The standard InChI is InChI=1S/C14H17NO5S/c16-14(17)9-5-12(15-6-9)11-3-1-2-4-13(11)20-10-7-21(18,19)8-10/h1-4,9-10,12,15H,5-8H2,(H,16,17). The van der Waals surface area contributed by atoms with Gasteiger partial charge in [-0.25, -0.2) is 8.42 Å². The molecule has 1 aromatic carbocycles. The Hall–Kier alpha value is -1.60. The molecule has 2 N–H and O–H groups in total. The Kier molecular flexibility index (Phi) is 3.62. The molecule has 2 aliphatic heterocycles. The van der Waals surface area contributed by atoms with Crippen molar-refractivity contribution in [3.05, 3.63) is 29.8 Å². The van der Waals surface area contributed by atoms with Gasteiger partial charge in [0.05, 0.1) is 17.4 Å². The van der Waals surface area contributed by atoms with Crippen LogP contribution in [-0.2, 0) is 14.6 Å². The number of carboxylic acid groups (broad SMARTS) is 1. The van der Waals surface area contributed by atoms with Crippen molar-refractivity contribution in [2.24, 2.45) is 5.92 Å². The Labute approximate surface area is 123 Å². The number of sulfone groups is 1. The lowest BCUT2D eigenvalue weighted by molar-refractivity contribution is -0.141. The molecule has 2 fully saturated rings. The van der Waals surface area contributed by atoms with Crippen LogP contribution in [-0.4, -0.2) is 43.6 Å². The van der Waals surface area contributed by atoms with Crippen LogP contribution in [0.25, 0.3) is 0 Å². The third-order valence-corrected chi connectivity index (χ3v) is 5.71. The van der Waals surface area contributed by atoms with Crippen LogP contribution < -0.4 is 10.1 Å². The number of aliphatic carboxylic acids is 1. The lowest BCUT2D eigenvalue weighted by Gasteiger charge is -2.28. The van der Waals surface area contributed by atoms with Crippen molar-refractivity contribution in [3.8, 4) is 5.75 Å². The van der Waals surface area contributed by atoms with Gasteiger partial charge in [-0.3, -0.25) is 4.79 Å². The van der Waals surface area contributed by atoms with Gasteiger partial charge in [0.1, 0.15) is 11.9 Å². The van der Waals surface area contributed by atoms with Crippen LogP contribution in [0, 0.1) is 5.92 Å². The lowest BCUT2D eigenvalue weighted by Crippen LogP contribution is -2.45. The van der Waals surface area contributed by atoms with E-state index in [1.54, 1.807) is 6.07 Å². The number of nitrogens with one attached hydrogen (secondary N) is 1. The SMILES string of the molecule is O=C(O)C1CNC(c2ccccc2OC2CS(=O)(=O)C2)C1. The average Bonchev–Trinajstić information content (AvgIpc) is 2.87. The van der Waals surface area contributed by atoms with Crippen LogP contribution in [0.1, 0.15) is 18.0 Å². The summed E-state index contributed by atoms with van der Waals surface area (Å²) in [6.45, 7) is 0.437. The Balaban J connectivity index is 1.73. The van der Waals surface area contributed by atoms with Crippen molar-refractivity contribution in [1.82, 2.24) is 5.32 Å². The molecule has 7 heteroatoms. The second kappa shape index (κ2) is 5.31. The first kappa shape index (κ1) is 14.3. The molecule has 2 saturated heterocycles. The minimum Gasteiger partial charge on any atom is -0.488 e. The molecule has 2 aliphatic rings. The summed E-state index contributed by atoms with van der Waals surface area (Å²) < 4.78 is 28.1. The van der Waals surface area contributed by atoms with E-state index in [0.29, 0.717) is 18.7 Å². The molecule has 3 rings (SSSR count). The van der Waals surface area contributed by atoms with E-state index in [2.05, 4.69) is 5.32 Å². The third-order valence-electron chi connectivity index (χ3n) is 3.95. The highest BCUT2D eigenvalue weighted by Gasteiger charge is 2.37. The lowest BCUT2D eigenvalue weighted by atomic mass is 9.99. The van der Waals surface area contributed by atoms with Gasteiger partial charge in [0.15, 0.2) is 9.84 Å². The summed E-state index contributed by atoms with van der Waals surface area (Å²) in [4.78, 5) is 11.0. The van der Waals surface area contributed by atoms with Crippen molar-refractivity contribution in [2.75, 3.05) is 18.1 Å². The maximum atomic E-state index is 11.2. The number of hydrogen-bond acceptors (Lipinski definition) is 5. The molecular weight excluding hydrogens is 294 g/mol. The van der Waals surface area contributed by atoms with Crippen LogP contribution in [0.3, 0.4) is 0 Å². The fourth-order valence-electron chi connectivity index (χ4n) is 2.80. The van der Waals surface area contributed by atoms with Crippen molar-refractivity contribution < 1.29 is 23.1 Å². The minimum absolute atomic E-state index is 0.0528. The van der Waals surface area contributed by atoms with Crippen LogP contribution in [0.5, 0.6) is 5.75 Å². The number of carbonyl (C=O) groups is 1. The van der Waals surface area contributed by atoms with E-state index < -0.39 is 21.7 Å². The molecule has 2 atom stereocenters. The Bertz CT molecular complexity index is 645. The fraction of sp³-hybridized carbons (Fsp3) is 0.500. The summed E-state index contributed by atoms with van der Waals surface area (Å²) in [5.74, 6) is -0.449. The summed E-state index contributed by atoms with van der Waals surface area (Å²) >= 11 is 0. The van der Waals surface area contributed by atoms with E-state index >= 15 is 0 Å². The van der Waals surface area contributed by atoms with Crippen molar-refractivity contribution >= 4 is 15.8 Å². The maximum Gasteiger partial charge on any atom is 0.307 e. The number of rotatable bonds is 4. The molecule has 114 valence electrons. The Morgan fingerprint density at radius 1 is 1.29 bits per heavy atom. The minimum atomic E-state index is -2.92. The smallest absolute Gasteiger partial charge is 0.307 e. The summed E-state index contributed by atoms with van der Waals surface area (Å²) in [7, 11) is -2.92. The van der Waals surface area contributed by atoms with Gasteiger partial charge in [0.2, 0.25) is 0 Å². The van der Waals surface area contributed by atoms with Gasteiger partial charge in [0, 0.05) is 18.2 Å². The third kappa shape index (κ3) is 3.03. The Morgan fingerprint density at radius 3 is 2.62 bits per heavy atom. The summed E-state index contributed by atoms with van der Waals surface area (Å²) in [5.41, 5.74) is 0.894. The number of carboxylic acids is 1. The topological polar surface area (TPSA) is 92.7 Å². The van der Waals surface area contributed by atoms with E-state index in [1.165, 1.54) is 0 Å². The van der Waals surface area contributed by atoms with E-state index in [0.717, 1.165) is 5.56 Å². The van der Waals surface area contributed by atoms with Crippen LogP contribution in [0.2, 0.25) is 0 Å². The zero-order valence-corrected chi connectivity index (χ0v) is 12.2. The van der Waals surface area contributed by atoms with Gasteiger partial charge >= 0.3 is 5.97 Å². The van der Waals surface area contributed by atoms with Crippen LogP contribution in [0.4, 0.5) is 0 Å². The molecule has 21 heavy (non-hydrogen) atoms. The molecule has 0 saturated carbocycles. The van der Waals surface area contributed by atoms with E-state index in [9.17, 15) is 13.2 Å². The fourth-order valence-corrected chi connectivity index (χ4v) is 3.97. The largest absolute Gasteiger partial charge is 0.488 e. The molecule has 0 aromatic heterocycles. The van der Waals surface area contributed by atoms with E-state index in [1.807, 2.05) is 18.2 Å². The zero-order chi connectivity index (χ0) is 15.0. The molecule has 0 bridgehead atoms. The van der Waals surface area contributed by atoms with Crippen molar-refractivity contribution in [2.45, 2.75) is 18.6 Å². The van der Waals surface area contributed by atoms with Gasteiger partial charge in [-0.15, -0.1) is 0 Å². The molecule has 0 radical (unpaired) electrons.